The van der Waals surface area contributed by atoms with Crippen LogP contribution in [0.1, 0.15) is 27.2 Å². The summed E-state index contributed by atoms with van der Waals surface area (Å²) in [5, 5.41) is 0. The van der Waals surface area contributed by atoms with Gasteiger partial charge in [-0.1, -0.05) is 0 Å². The number of halogens is 25. The maximum absolute atomic E-state index is 14.3. The standard InChI is InChI=1S/C20H19F25O3Si/c1-4-46-49(47-5-2,48-6-3)8-7-9(21,22)10(23,24)11(25,26)12(27,28)13(29,30)14(31,32)15(33,34)16(35,36)17(37,38)18(39,40)19(41,42)20(43,44)45/h4-8H2,1-3H3. The van der Waals surface area contributed by atoms with Crippen molar-refractivity contribution in [3.05, 3.63) is 0 Å². The van der Waals surface area contributed by atoms with Gasteiger partial charge in [-0.25, -0.2) is 0 Å². The molecule has 29 heteroatoms. The Labute approximate surface area is 257 Å². The number of rotatable bonds is 19. The van der Waals surface area contributed by atoms with Gasteiger partial charge in [-0.05, 0) is 20.8 Å². The van der Waals surface area contributed by atoms with Crippen LogP contribution in [0.15, 0.2) is 0 Å². The number of hydrogen-bond donors (Lipinski definition) is 0. The molecule has 0 rings (SSSR count). The lowest BCUT2D eigenvalue weighted by molar-refractivity contribution is -0.482. The zero-order valence-electron chi connectivity index (χ0n) is 23.7. The van der Waals surface area contributed by atoms with Crippen molar-refractivity contribution in [3.63, 3.8) is 0 Å². The van der Waals surface area contributed by atoms with Crippen LogP contribution in [0.4, 0.5) is 110 Å². The fraction of sp³-hybridized carbons (Fsp3) is 1.00. The topological polar surface area (TPSA) is 27.7 Å². The third-order valence-electron chi connectivity index (χ3n) is 6.20. The summed E-state index contributed by atoms with van der Waals surface area (Å²) < 4.78 is 355. The van der Waals surface area contributed by atoms with Gasteiger partial charge in [-0.2, -0.15) is 110 Å². The molecule has 0 aromatic heterocycles. The Hall–Kier alpha value is -1.65. The average Bonchev–Trinajstić information content (AvgIpc) is 2.90. The molecule has 0 aliphatic carbocycles. The summed E-state index contributed by atoms with van der Waals surface area (Å²) in [6, 6.07) is -1.82. The van der Waals surface area contributed by atoms with Crippen LogP contribution in [-0.2, 0) is 13.3 Å². The van der Waals surface area contributed by atoms with Crippen LogP contribution in [0.25, 0.3) is 0 Å². The Kier molecular flexibility index (Phi) is 12.9. The van der Waals surface area contributed by atoms with E-state index < -0.39 is 112 Å². The molecular weight excluding hydrogens is 791 g/mol. The van der Waals surface area contributed by atoms with Gasteiger partial charge in [0.1, 0.15) is 0 Å². The van der Waals surface area contributed by atoms with E-state index in [1.165, 1.54) is 0 Å². The highest BCUT2D eigenvalue weighted by Gasteiger charge is 2.99. The SMILES string of the molecule is CCO[Si](CCC(F)(F)C(F)(F)C(F)(F)C(F)(F)C(F)(F)C(F)(F)C(F)(F)C(F)(F)C(F)(F)C(F)(F)C(F)(F)C(F)(F)F)(OCC)OCC. The van der Waals surface area contributed by atoms with Crippen molar-refractivity contribution in [2.75, 3.05) is 19.8 Å². The molecule has 3 nitrogen and oxygen atoms in total. The molecule has 0 heterocycles. The Morgan fingerprint density at radius 2 is 0.531 bits per heavy atom. The lowest BCUT2D eigenvalue weighted by atomic mass is 9.84. The first-order valence-electron chi connectivity index (χ1n) is 12.3. The molecule has 0 bridgehead atoms. The van der Waals surface area contributed by atoms with Crippen molar-refractivity contribution in [3.8, 4) is 0 Å². The average molecular weight is 810 g/mol. The van der Waals surface area contributed by atoms with Gasteiger partial charge < -0.3 is 13.3 Å². The summed E-state index contributed by atoms with van der Waals surface area (Å²) in [7, 11) is -4.71. The molecule has 0 spiro atoms. The monoisotopic (exact) mass is 810 g/mol. The minimum absolute atomic E-state index is 0.596. The van der Waals surface area contributed by atoms with E-state index in [1.54, 1.807) is 0 Å². The Morgan fingerprint density at radius 3 is 0.735 bits per heavy atom. The van der Waals surface area contributed by atoms with Crippen molar-refractivity contribution >= 4 is 8.80 Å². The van der Waals surface area contributed by atoms with E-state index >= 15 is 0 Å². The quantitative estimate of drug-likeness (QED) is 0.0961. The molecule has 0 saturated carbocycles. The molecule has 0 radical (unpaired) electrons. The van der Waals surface area contributed by atoms with Gasteiger partial charge in [0.2, 0.25) is 0 Å². The predicted molar refractivity (Wildman–Crippen MR) is 111 cm³/mol. The molecule has 0 fully saturated rings. The molecule has 0 aromatic carbocycles. The molecule has 49 heavy (non-hydrogen) atoms. The van der Waals surface area contributed by atoms with E-state index in [1.807, 2.05) is 0 Å². The summed E-state index contributed by atoms with van der Waals surface area (Å²) in [5.41, 5.74) is 0. The third kappa shape index (κ3) is 6.73. The summed E-state index contributed by atoms with van der Waals surface area (Å²) in [6.07, 6.45) is -11.1. The molecule has 0 unspecified atom stereocenters. The largest absolute Gasteiger partial charge is 0.501 e. The molecule has 0 aromatic rings. The van der Waals surface area contributed by atoms with E-state index in [4.69, 9.17) is 13.3 Å². The predicted octanol–water partition coefficient (Wildman–Crippen LogP) is 9.98. The Morgan fingerprint density at radius 1 is 0.327 bits per heavy atom. The molecular formula is C20H19F25O3Si. The van der Waals surface area contributed by atoms with Gasteiger partial charge in [-0.3, -0.25) is 0 Å². The summed E-state index contributed by atoms with van der Waals surface area (Å²) in [6.45, 7) is 1.38. The van der Waals surface area contributed by atoms with Crippen LogP contribution in [0.3, 0.4) is 0 Å². The second kappa shape index (κ2) is 13.4. The van der Waals surface area contributed by atoms with E-state index in [0.29, 0.717) is 0 Å². The van der Waals surface area contributed by atoms with Gasteiger partial charge in [0.15, 0.2) is 0 Å². The van der Waals surface area contributed by atoms with Gasteiger partial charge in [0, 0.05) is 32.3 Å². The molecule has 0 aliphatic heterocycles. The highest BCUT2D eigenvalue weighted by Crippen LogP contribution is 2.68. The Balaban J connectivity index is 7.22. The first-order valence-corrected chi connectivity index (χ1v) is 14.2. The van der Waals surface area contributed by atoms with Crippen molar-refractivity contribution in [1.29, 1.82) is 0 Å². The fourth-order valence-electron chi connectivity index (χ4n) is 3.45. The second-order valence-electron chi connectivity index (χ2n) is 9.43. The van der Waals surface area contributed by atoms with Crippen LogP contribution in [0.2, 0.25) is 6.04 Å². The smallest absolute Gasteiger partial charge is 0.374 e. The van der Waals surface area contributed by atoms with Gasteiger partial charge in [-0.15, -0.1) is 0 Å². The minimum atomic E-state index is -9.62. The van der Waals surface area contributed by atoms with Crippen molar-refractivity contribution in [2.24, 2.45) is 0 Å². The van der Waals surface area contributed by atoms with Crippen LogP contribution in [-0.4, -0.2) is 99.9 Å². The van der Waals surface area contributed by atoms with Crippen molar-refractivity contribution in [2.45, 2.75) is 105 Å². The van der Waals surface area contributed by atoms with Crippen LogP contribution < -0.4 is 0 Å². The first kappa shape index (κ1) is 47.3. The van der Waals surface area contributed by atoms with E-state index in [2.05, 4.69) is 0 Å². The Bertz CT molecular complexity index is 1100. The first-order chi connectivity index (χ1) is 21.1. The third-order valence-corrected chi connectivity index (χ3v) is 9.25. The van der Waals surface area contributed by atoms with Gasteiger partial charge in [0.25, 0.3) is 0 Å². The maximum atomic E-state index is 14.3. The van der Waals surface area contributed by atoms with Crippen LogP contribution >= 0.6 is 0 Å². The molecule has 0 saturated heterocycles. The van der Waals surface area contributed by atoms with E-state index in [9.17, 15) is 110 Å². The number of alkyl halides is 25. The lowest BCUT2D eigenvalue weighted by Gasteiger charge is -2.45. The van der Waals surface area contributed by atoms with Crippen LogP contribution in [0, 0.1) is 0 Å². The minimum Gasteiger partial charge on any atom is -0.374 e. The molecule has 0 aliphatic rings. The lowest BCUT2D eigenvalue weighted by Crippen LogP contribution is -2.78. The molecule has 0 N–H and O–H groups in total. The zero-order valence-corrected chi connectivity index (χ0v) is 24.7. The molecule has 296 valence electrons. The maximum Gasteiger partial charge on any atom is 0.501 e. The van der Waals surface area contributed by atoms with Gasteiger partial charge >= 0.3 is 80.1 Å². The highest BCUT2D eigenvalue weighted by atomic mass is 28.4. The normalized spacial score (nSPS) is 16.4. The summed E-state index contributed by atoms with van der Waals surface area (Å²) in [5.74, 6) is -98.6. The van der Waals surface area contributed by atoms with Gasteiger partial charge in [0.05, 0.1) is 0 Å². The fourth-order valence-corrected chi connectivity index (χ4v) is 6.08. The number of hydrogen-bond acceptors (Lipinski definition) is 3. The van der Waals surface area contributed by atoms with Crippen molar-refractivity contribution < 1.29 is 123 Å². The molecule has 0 atom stereocenters. The van der Waals surface area contributed by atoms with E-state index in [-0.39, 0.29) is 0 Å². The zero-order chi connectivity index (χ0) is 40.2. The summed E-state index contributed by atoms with van der Waals surface area (Å²) >= 11 is 0. The van der Waals surface area contributed by atoms with Crippen LogP contribution in [0.5, 0.6) is 0 Å². The second-order valence-corrected chi connectivity index (χ2v) is 12.2. The van der Waals surface area contributed by atoms with E-state index in [0.717, 1.165) is 20.8 Å². The van der Waals surface area contributed by atoms with Crippen molar-refractivity contribution in [1.82, 2.24) is 0 Å². The highest BCUT2D eigenvalue weighted by molar-refractivity contribution is 6.60. The summed E-state index contributed by atoms with van der Waals surface area (Å²) in [4.78, 5) is 0. The molecule has 0 amide bonds.